The van der Waals surface area contributed by atoms with Crippen LogP contribution in [0.1, 0.15) is 23.8 Å². The zero-order chi connectivity index (χ0) is 12.7. The minimum atomic E-state index is -0.173. The summed E-state index contributed by atoms with van der Waals surface area (Å²) >= 11 is 1.79. The summed E-state index contributed by atoms with van der Waals surface area (Å²) < 4.78 is 0. The van der Waals surface area contributed by atoms with Gasteiger partial charge in [0.1, 0.15) is 5.82 Å². The van der Waals surface area contributed by atoms with Gasteiger partial charge in [0.15, 0.2) is 5.69 Å². The molecule has 1 rings (SSSR count). The summed E-state index contributed by atoms with van der Waals surface area (Å²) in [7, 11) is 1.76. The van der Waals surface area contributed by atoms with Crippen molar-refractivity contribution in [1.29, 1.82) is 0 Å². The summed E-state index contributed by atoms with van der Waals surface area (Å²) in [6.45, 7) is 2.80. The lowest BCUT2D eigenvalue weighted by Crippen LogP contribution is -2.27. The maximum Gasteiger partial charge on any atom is 0.271 e. The Labute approximate surface area is 106 Å². The van der Waals surface area contributed by atoms with Gasteiger partial charge in [-0.2, -0.15) is 11.8 Å². The number of aromatic nitrogens is 2. The second-order valence-corrected chi connectivity index (χ2v) is 4.92. The Morgan fingerprint density at radius 3 is 2.76 bits per heavy atom. The van der Waals surface area contributed by atoms with Gasteiger partial charge in [-0.25, -0.2) is 0 Å². The topological polar surface area (TPSA) is 66.9 Å². The van der Waals surface area contributed by atoms with Crippen molar-refractivity contribution in [2.75, 3.05) is 25.2 Å². The van der Waals surface area contributed by atoms with Crippen molar-refractivity contribution in [3.8, 4) is 0 Å². The lowest BCUT2D eigenvalue weighted by molar-refractivity contribution is 0.0947. The Morgan fingerprint density at radius 2 is 2.24 bits per heavy atom. The van der Waals surface area contributed by atoms with E-state index in [1.165, 1.54) is 0 Å². The van der Waals surface area contributed by atoms with Gasteiger partial charge in [-0.15, -0.1) is 10.2 Å². The molecule has 1 aromatic rings. The monoisotopic (exact) mass is 254 g/mol. The molecule has 1 heterocycles. The quantitative estimate of drug-likeness (QED) is 0.803. The van der Waals surface area contributed by atoms with Crippen LogP contribution in [0.4, 0.5) is 5.82 Å². The van der Waals surface area contributed by atoms with Gasteiger partial charge in [0, 0.05) is 18.8 Å². The van der Waals surface area contributed by atoms with Gasteiger partial charge in [-0.3, -0.25) is 4.79 Å². The van der Waals surface area contributed by atoms with E-state index in [9.17, 15) is 4.79 Å². The van der Waals surface area contributed by atoms with Gasteiger partial charge in [-0.05, 0) is 24.8 Å². The van der Waals surface area contributed by atoms with Crippen molar-refractivity contribution >= 4 is 23.5 Å². The third kappa shape index (κ3) is 4.60. The van der Waals surface area contributed by atoms with Crippen molar-refractivity contribution in [2.45, 2.75) is 18.6 Å². The fraction of sp³-hybridized carbons (Fsp3) is 0.545. The molecule has 1 aromatic heterocycles. The first kappa shape index (κ1) is 13.8. The molecular formula is C11H18N4OS. The van der Waals surface area contributed by atoms with E-state index >= 15 is 0 Å². The Balaban J connectivity index is 2.41. The first-order valence-electron chi connectivity index (χ1n) is 5.50. The molecule has 6 heteroatoms. The number of carbonyl (C=O) groups excluding carboxylic acids is 1. The van der Waals surface area contributed by atoms with Gasteiger partial charge in [0.05, 0.1) is 0 Å². The SMILES string of the molecule is CNc1ccc(C(=O)NCCC(C)SC)nn1. The minimum absolute atomic E-state index is 0.173. The standard InChI is InChI=1S/C11H18N4OS/c1-8(17-3)6-7-13-11(16)9-4-5-10(12-2)15-14-9/h4-5,8H,6-7H2,1-3H3,(H,12,15)(H,13,16). The van der Waals surface area contributed by atoms with Crippen LogP contribution in [0.2, 0.25) is 0 Å². The summed E-state index contributed by atoms with van der Waals surface area (Å²) in [6, 6.07) is 3.39. The highest BCUT2D eigenvalue weighted by Crippen LogP contribution is 2.08. The minimum Gasteiger partial charge on any atom is -0.372 e. The zero-order valence-corrected chi connectivity index (χ0v) is 11.2. The van der Waals surface area contributed by atoms with E-state index in [4.69, 9.17) is 0 Å². The molecule has 0 radical (unpaired) electrons. The van der Waals surface area contributed by atoms with Gasteiger partial charge < -0.3 is 10.6 Å². The molecule has 0 spiro atoms. The summed E-state index contributed by atoms with van der Waals surface area (Å²) in [5, 5.41) is 13.9. The number of carbonyl (C=O) groups is 1. The molecule has 1 atom stereocenters. The van der Waals surface area contributed by atoms with Crippen LogP contribution in [-0.2, 0) is 0 Å². The van der Waals surface area contributed by atoms with E-state index in [1.807, 2.05) is 0 Å². The van der Waals surface area contributed by atoms with Crippen LogP contribution in [0.15, 0.2) is 12.1 Å². The van der Waals surface area contributed by atoms with Gasteiger partial charge in [0.2, 0.25) is 0 Å². The van der Waals surface area contributed by atoms with Crippen molar-refractivity contribution in [3.05, 3.63) is 17.8 Å². The highest BCUT2D eigenvalue weighted by Gasteiger charge is 2.08. The normalized spacial score (nSPS) is 11.9. The van der Waals surface area contributed by atoms with E-state index in [2.05, 4.69) is 34.0 Å². The molecule has 0 aliphatic rings. The van der Waals surface area contributed by atoms with Crippen LogP contribution in [0, 0.1) is 0 Å². The molecule has 0 fully saturated rings. The third-order valence-corrected chi connectivity index (χ3v) is 3.43. The van der Waals surface area contributed by atoms with Crippen LogP contribution < -0.4 is 10.6 Å². The fourth-order valence-electron chi connectivity index (χ4n) is 1.18. The van der Waals surface area contributed by atoms with E-state index < -0.39 is 0 Å². The Kier molecular flexibility index (Phi) is 5.76. The Hall–Kier alpha value is -1.30. The van der Waals surface area contributed by atoms with Gasteiger partial charge >= 0.3 is 0 Å². The van der Waals surface area contributed by atoms with E-state index in [1.54, 1.807) is 30.9 Å². The number of thioether (sulfide) groups is 1. The second-order valence-electron chi connectivity index (χ2n) is 3.64. The van der Waals surface area contributed by atoms with Crippen LogP contribution in [0.5, 0.6) is 0 Å². The molecule has 0 aliphatic heterocycles. The predicted octanol–water partition coefficient (Wildman–Crippen LogP) is 1.39. The molecule has 0 saturated heterocycles. The lowest BCUT2D eigenvalue weighted by atomic mass is 10.3. The van der Waals surface area contributed by atoms with E-state index in [-0.39, 0.29) is 5.91 Å². The van der Waals surface area contributed by atoms with Gasteiger partial charge in [-0.1, -0.05) is 6.92 Å². The maximum absolute atomic E-state index is 11.7. The molecule has 1 amide bonds. The Bertz CT molecular complexity index is 355. The summed E-state index contributed by atoms with van der Waals surface area (Å²) in [6.07, 6.45) is 3.02. The number of nitrogens with zero attached hydrogens (tertiary/aromatic N) is 2. The summed E-state index contributed by atoms with van der Waals surface area (Å²) in [5.41, 5.74) is 0.348. The number of nitrogens with one attached hydrogen (secondary N) is 2. The van der Waals surface area contributed by atoms with E-state index in [0.717, 1.165) is 6.42 Å². The fourth-order valence-corrected chi connectivity index (χ4v) is 1.54. The van der Waals surface area contributed by atoms with E-state index in [0.29, 0.717) is 23.3 Å². The molecule has 5 nitrogen and oxygen atoms in total. The smallest absolute Gasteiger partial charge is 0.271 e. The first-order chi connectivity index (χ1) is 8.17. The number of anilines is 1. The number of amides is 1. The van der Waals surface area contributed by atoms with Crippen molar-refractivity contribution in [1.82, 2.24) is 15.5 Å². The van der Waals surface area contributed by atoms with Gasteiger partial charge in [0.25, 0.3) is 5.91 Å². The highest BCUT2D eigenvalue weighted by atomic mass is 32.2. The molecule has 0 aromatic carbocycles. The molecule has 94 valence electrons. The maximum atomic E-state index is 11.7. The average molecular weight is 254 g/mol. The van der Waals surface area contributed by atoms with Crippen LogP contribution in [0.25, 0.3) is 0 Å². The van der Waals surface area contributed by atoms with Crippen molar-refractivity contribution in [2.24, 2.45) is 0 Å². The van der Waals surface area contributed by atoms with Crippen molar-refractivity contribution in [3.63, 3.8) is 0 Å². The molecule has 0 aliphatic carbocycles. The molecular weight excluding hydrogens is 236 g/mol. The highest BCUT2D eigenvalue weighted by molar-refractivity contribution is 7.99. The molecule has 0 bridgehead atoms. The third-order valence-electron chi connectivity index (χ3n) is 2.39. The molecule has 17 heavy (non-hydrogen) atoms. The average Bonchev–Trinajstić information content (AvgIpc) is 2.38. The first-order valence-corrected chi connectivity index (χ1v) is 6.78. The summed E-state index contributed by atoms with van der Waals surface area (Å²) in [5.74, 6) is 0.478. The molecule has 2 N–H and O–H groups in total. The second kappa shape index (κ2) is 7.11. The molecule has 0 saturated carbocycles. The largest absolute Gasteiger partial charge is 0.372 e. The van der Waals surface area contributed by atoms with Crippen LogP contribution >= 0.6 is 11.8 Å². The lowest BCUT2D eigenvalue weighted by Gasteiger charge is -2.08. The number of rotatable bonds is 6. The number of hydrogen-bond donors (Lipinski definition) is 2. The Morgan fingerprint density at radius 1 is 1.47 bits per heavy atom. The number of hydrogen-bond acceptors (Lipinski definition) is 5. The van der Waals surface area contributed by atoms with Crippen LogP contribution in [-0.4, -0.2) is 41.2 Å². The van der Waals surface area contributed by atoms with Crippen LogP contribution in [0.3, 0.4) is 0 Å². The van der Waals surface area contributed by atoms with Crippen molar-refractivity contribution < 1.29 is 4.79 Å². The zero-order valence-electron chi connectivity index (χ0n) is 10.4. The molecule has 1 unspecified atom stereocenters. The summed E-state index contributed by atoms with van der Waals surface area (Å²) in [4.78, 5) is 11.7. The predicted molar refractivity (Wildman–Crippen MR) is 71.5 cm³/mol.